The molecular formula is C8H12N4O2. The third-order valence-corrected chi connectivity index (χ3v) is 1.68. The summed E-state index contributed by atoms with van der Waals surface area (Å²) in [5.74, 6) is -0.383. The maximum Gasteiger partial charge on any atom is 0.293 e. The number of aromatic nitrogens is 2. The van der Waals surface area contributed by atoms with Gasteiger partial charge in [-0.25, -0.2) is 4.98 Å². The number of hydrogen-bond acceptors (Lipinski definition) is 4. The monoisotopic (exact) mass is 196 g/mol. The van der Waals surface area contributed by atoms with Gasteiger partial charge in [0, 0.05) is 18.9 Å². The molecule has 0 aliphatic carbocycles. The normalized spacial score (nSPS) is 9.79. The standard InChI is InChI=1S/C8H12N4O2/c1-2-12-4-3-10-7(8(12)14)11-5-6(9)13/h3-4H,2,5H2,1H3,(H2,9,13)(H,10,11). The maximum atomic E-state index is 11.5. The largest absolute Gasteiger partial charge is 0.368 e. The Bertz CT molecular complexity index is 385. The Morgan fingerprint density at radius 2 is 2.43 bits per heavy atom. The molecule has 1 heterocycles. The van der Waals surface area contributed by atoms with Crippen LogP contribution >= 0.6 is 0 Å². The highest BCUT2D eigenvalue weighted by Gasteiger charge is 2.03. The molecule has 0 atom stereocenters. The molecule has 0 radical (unpaired) electrons. The Kier molecular flexibility index (Phi) is 3.22. The summed E-state index contributed by atoms with van der Waals surface area (Å²) >= 11 is 0. The fraction of sp³-hybridized carbons (Fsp3) is 0.375. The van der Waals surface area contributed by atoms with E-state index in [1.165, 1.54) is 10.8 Å². The maximum absolute atomic E-state index is 11.5. The average molecular weight is 196 g/mol. The topological polar surface area (TPSA) is 90.0 Å². The van der Waals surface area contributed by atoms with Crippen molar-refractivity contribution in [3.8, 4) is 0 Å². The van der Waals surface area contributed by atoms with Gasteiger partial charge in [0.2, 0.25) is 5.91 Å². The lowest BCUT2D eigenvalue weighted by molar-refractivity contribution is -0.116. The van der Waals surface area contributed by atoms with Gasteiger partial charge in [-0.3, -0.25) is 9.59 Å². The van der Waals surface area contributed by atoms with E-state index in [4.69, 9.17) is 5.73 Å². The van der Waals surface area contributed by atoms with Gasteiger partial charge < -0.3 is 15.6 Å². The second kappa shape index (κ2) is 4.40. The van der Waals surface area contributed by atoms with Crippen molar-refractivity contribution in [2.24, 2.45) is 5.73 Å². The predicted octanol–water partition coefficient (Wildman–Crippen LogP) is -0.840. The van der Waals surface area contributed by atoms with Crippen LogP contribution in [0.5, 0.6) is 0 Å². The zero-order valence-electron chi connectivity index (χ0n) is 7.86. The lowest BCUT2D eigenvalue weighted by Gasteiger charge is -2.04. The van der Waals surface area contributed by atoms with Gasteiger partial charge in [-0.05, 0) is 6.92 Å². The van der Waals surface area contributed by atoms with Crippen molar-refractivity contribution in [1.82, 2.24) is 9.55 Å². The van der Waals surface area contributed by atoms with Crippen molar-refractivity contribution in [1.29, 1.82) is 0 Å². The van der Waals surface area contributed by atoms with Crippen LogP contribution in [0.25, 0.3) is 0 Å². The van der Waals surface area contributed by atoms with Gasteiger partial charge in [0.25, 0.3) is 5.56 Å². The highest BCUT2D eigenvalue weighted by atomic mass is 16.1. The Morgan fingerprint density at radius 1 is 1.71 bits per heavy atom. The van der Waals surface area contributed by atoms with Crippen molar-refractivity contribution >= 4 is 11.7 Å². The molecule has 0 spiro atoms. The quantitative estimate of drug-likeness (QED) is 0.657. The molecule has 76 valence electrons. The second-order valence-corrected chi connectivity index (χ2v) is 2.69. The van der Waals surface area contributed by atoms with Crippen LogP contribution in [0.3, 0.4) is 0 Å². The van der Waals surface area contributed by atoms with E-state index in [1.807, 2.05) is 6.92 Å². The number of nitrogens with one attached hydrogen (secondary N) is 1. The first-order valence-electron chi connectivity index (χ1n) is 4.22. The van der Waals surface area contributed by atoms with Crippen molar-refractivity contribution < 1.29 is 4.79 Å². The third kappa shape index (κ3) is 2.32. The van der Waals surface area contributed by atoms with Crippen LogP contribution < -0.4 is 16.6 Å². The molecule has 1 aromatic heterocycles. The van der Waals surface area contributed by atoms with Gasteiger partial charge in [0.05, 0.1) is 6.54 Å². The summed E-state index contributed by atoms with van der Waals surface area (Å²) < 4.78 is 1.48. The van der Waals surface area contributed by atoms with Gasteiger partial charge >= 0.3 is 0 Å². The molecule has 0 aromatic carbocycles. The molecule has 0 aliphatic rings. The molecule has 1 amide bonds. The minimum atomic E-state index is -0.530. The molecule has 0 fully saturated rings. The summed E-state index contributed by atoms with van der Waals surface area (Å²) in [4.78, 5) is 25.8. The number of nitrogens with two attached hydrogens (primary N) is 1. The highest BCUT2D eigenvalue weighted by molar-refractivity contribution is 5.78. The molecular weight excluding hydrogens is 184 g/mol. The van der Waals surface area contributed by atoms with E-state index in [1.54, 1.807) is 6.20 Å². The van der Waals surface area contributed by atoms with Crippen molar-refractivity contribution in [2.75, 3.05) is 11.9 Å². The summed E-state index contributed by atoms with van der Waals surface area (Å²) in [5.41, 5.74) is 4.67. The molecule has 0 saturated carbocycles. The number of nitrogens with zero attached hydrogens (tertiary/aromatic N) is 2. The summed E-state index contributed by atoms with van der Waals surface area (Å²) in [6.07, 6.45) is 3.08. The lowest BCUT2D eigenvalue weighted by Crippen LogP contribution is -2.28. The van der Waals surface area contributed by atoms with E-state index < -0.39 is 5.91 Å². The summed E-state index contributed by atoms with van der Waals surface area (Å²) in [7, 11) is 0. The molecule has 6 heteroatoms. The van der Waals surface area contributed by atoms with Crippen LogP contribution in [0, 0.1) is 0 Å². The van der Waals surface area contributed by atoms with Gasteiger partial charge in [-0.1, -0.05) is 0 Å². The molecule has 0 bridgehead atoms. The van der Waals surface area contributed by atoms with Crippen molar-refractivity contribution in [3.05, 3.63) is 22.7 Å². The first-order valence-corrected chi connectivity index (χ1v) is 4.22. The van der Waals surface area contributed by atoms with Gasteiger partial charge in [0.1, 0.15) is 0 Å². The summed E-state index contributed by atoms with van der Waals surface area (Å²) in [6.45, 7) is 2.32. The number of anilines is 1. The summed E-state index contributed by atoms with van der Waals surface area (Å²) in [5, 5.41) is 2.57. The third-order valence-electron chi connectivity index (χ3n) is 1.68. The Hall–Kier alpha value is -1.85. The molecule has 1 rings (SSSR count). The molecule has 14 heavy (non-hydrogen) atoms. The first kappa shape index (κ1) is 10.2. The van der Waals surface area contributed by atoms with E-state index in [-0.39, 0.29) is 17.9 Å². The Balaban J connectivity index is 2.87. The number of carbonyl (C=O) groups excluding carboxylic acids is 1. The number of carbonyl (C=O) groups is 1. The zero-order chi connectivity index (χ0) is 10.6. The van der Waals surface area contributed by atoms with Crippen LogP contribution in [0.2, 0.25) is 0 Å². The SMILES string of the molecule is CCn1ccnc(NCC(N)=O)c1=O. The van der Waals surface area contributed by atoms with Crippen molar-refractivity contribution in [2.45, 2.75) is 13.5 Å². The molecule has 1 aromatic rings. The molecule has 0 aliphatic heterocycles. The van der Waals surface area contributed by atoms with Gasteiger partial charge in [-0.15, -0.1) is 0 Å². The van der Waals surface area contributed by atoms with Crippen LogP contribution in [0.1, 0.15) is 6.92 Å². The highest BCUT2D eigenvalue weighted by Crippen LogP contribution is 1.91. The van der Waals surface area contributed by atoms with Crippen LogP contribution in [0.4, 0.5) is 5.82 Å². The average Bonchev–Trinajstić information content (AvgIpc) is 2.16. The lowest BCUT2D eigenvalue weighted by atomic mass is 10.5. The van der Waals surface area contributed by atoms with E-state index in [0.29, 0.717) is 6.54 Å². The number of primary amides is 1. The molecule has 6 nitrogen and oxygen atoms in total. The second-order valence-electron chi connectivity index (χ2n) is 2.69. The first-order chi connectivity index (χ1) is 6.65. The number of amides is 1. The number of hydrogen-bond donors (Lipinski definition) is 2. The van der Waals surface area contributed by atoms with E-state index in [2.05, 4.69) is 10.3 Å². The predicted molar refractivity (Wildman–Crippen MR) is 51.9 cm³/mol. The van der Waals surface area contributed by atoms with Gasteiger partial charge in [0.15, 0.2) is 5.82 Å². The van der Waals surface area contributed by atoms with Crippen LogP contribution in [-0.2, 0) is 11.3 Å². The van der Waals surface area contributed by atoms with Crippen LogP contribution in [-0.4, -0.2) is 22.0 Å². The van der Waals surface area contributed by atoms with Crippen molar-refractivity contribution in [3.63, 3.8) is 0 Å². The van der Waals surface area contributed by atoms with Gasteiger partial charge in [-0.2, -0.15) is 0 Å². The minimum Gasteiger partial charge on any atom is -0.368 e. The smallest absolute Gasteiger partial charge is 0.293 e. The molecule has 0 unspecified atom stereocenters. The van der Waals surface area contributed by atoms with E-state index in [0.717, 1.165) is 0 Å². The minimum absolute atomic E-state index is 0.0873. The van der Waals surface area contributed by atoms with Crippen LogP contribution in [0.15, 0.2) is 17.2 Å². The Labute approximate surface area is 80.8 Å². The summed E-state index contributed by atoms with van der Waals surface area (Å²) in [6, 6.07) is 0. The Morgan fingerprint density at radius 3 is 3.00 bits per heavy atom. The molecule has 0 saturated heterocycles. The number of rotatable bonds is 4. The molecule has 3 N–H and O–H groups in total. The fourth-order valence-corrected chi connectivity index (χ4v) is 0.988. The number of aryl methyl sites for hydroxylation is 1. The van der Waals surface area contributed by atoms with E-state index >= 15 is 0 Å². The zero-order valence-corrected chi connectivity index (χ0v) is 7.86. The van der Waals surface area contributed by atoms with E-state index in [9.17, 15) is 9.59 Å². The fourth-order valence-electron chi connectivity index (χ4n) is 0.988.